The molecule has 1 N–H and O–H groups in total. The molecule has 0 atom stereocenters. The Bertz CT molecular complexity index is 958. The highest BCUT2D eigenvalue weighted by atomic mass is 16.1. The minimum absolute atomic E-state index is 0.109. The summed E-state index contributed by atoms with van der Waals surface area (Å²) in [6.45, 7) is 7.09. The Labute approximate surface area is 172 Å². The molecule has 0 amide bonds. The highest BCUT2D eigenvalue weighted by Gasteiger charge is 2.23. The van der Waals surface area contributed by atoms with E-state index < -0.39 is 0 Å². The normalized spacial score (nSPS) is 15.8. The Hall–Kier alpha value is -2.73. The molecule has 0 unspecified atom stereocenters. The molecule has 1 fully saturated rings. The number of piperidine rings is 1. The molecular weight excluding hydrogens is 362 g/mol. The Morgan fingerprint density at radius 2 is 1.90 bits per heavy atom. The standard InChI is InChI=1S/C23H29N5O/c1-17(2)22(29)16-27-13-10-18(11-14-27)25-23-26-20-8-3-4-9-21(20)28(23)15-19-7-5-6-12-24-19/h3-9,12,17-18H,10-11,13-16H2,1-2H3,(H,25,26). The summed E-state index contributed by atoms with van der Waals surface area (Å²) in [4.78, 5) is 23.6. The highest BCUT2D eigenvalue weighted by Crippen LogP contribution is 2.23. The zero-order valence-corrected chi connectivity index (χ0v) is 17.2. The van der Waals surface area contributed by atoms with Crippen molar-refractivity contribution in [1.82, 2.24) is 19.4 Å². The number of fused-ring (bicyclic) bond motifs is 1. The van der Waals surface area contributed by atoms with E-state index in [2.05, 4.69) is 31.9 Å². The van der Waals surface area contributed by atoms with Crippen molar-refractivity contribution in [2.75, 3.05) is 25.0 Å². The number of aromatic nitrogens is 3. The number of Topliss-reactive ketones (excluding diaryl/α,β-unsaturated/α-hetero) is 1. The number of nitrogens with zero attached hydrogens (tertiary/aromatic N) is 4. The van der Waals surface area contributed by atoms with Crippen LogP contribution in [0, 0.1) is 5.92 Å². The molecule has 0 saturated carbocycles. The lowest BCUT2D eigenvalue weighted by atomic mass is 10.0. The van der Waals surface area contributed by atoms with Gasteiger partial charge in [-0.25, -0.2) is 4.98 Å². The number of rotatable bonds is 7. The number of carbonyl (C=O) groups is 1. The van der Waals surface area contributed by atoms with Crippen molar-refractivity contribution >= 4 is 22.8 Å². The Morgan fingerprint density at radius 1 is 1.14 bits per heavy atom. The zero-order valence-electron chi connectivity index (χ0n) is 17.2. The number of para-hydroxylation sites is 2. The van der Waals surface area contributed by atoms with Gasteiger partial charge in [-0.05, 0) is 37.1 Å². The van der Waals surface area contributed by atoms with Gasteiger partial charge in [0.25, 0.3) is 0 Å². The summed E-state index contributed by atoms with van der Waals surface area (Å²) in [6, 6.07) is 14.6. The molecule has 4 rings (SSSR count). The molecule has 0 radical (unpaired) electrons. The summed E-state index contributed by atoms with van der Waals surface area (Å²) in [6.07, 6.45) is 3.85. The van der Waals surface area contributed by atoms with Gasteiger partial charge in [0.2, 0.25) is 5.95 Å². The minimum atomic E-state index is 0.109. The Balaban J connectivity index is 1.47. The zero-order chi connectivity index (χ0) is 20.2. The van der Waals surface area contributed by atoms with Gasteiger partial charge in [0, 0.05) is 31.2 Å². The van der Waals surface area contributed by atoms with Crippen molar-refractivity contribution in [3.63, 3.8) is 0 Å². The van der Waals surface area contributed by atoms with Crippen LogP contribution in [0.1, 0.15) is 32.4 Å². The fraction of sp³-hybridized carbons (Fsp3) is 0.435. The number of likely N-dealkylation sites (tertiary alicyclic amines) is 1. The largest absolute Gasteiger partial charge is 0.353 e. The first-order chi connectivity index (χ1) is 14.1. The molecule has 3 aromatic rings. The molecule has 152 valence electrons. The molecule has 0 aliphatic carbocycles. The van der Waals surface area contributed by atoms with Gasteiger partial charge in [-0.15, -0.1) is 0 Å². The van der Waals surface area contributed by atoms with Crippen LogP contribution in [-0.2, 0) is 11.3 Å². The van der Waals surface area contributed by atoms with E-state index in [0.29, 0.717) is 24.9 Å². The number of benzene rings is 1. The molecule has 0 spiro atoms. The first kappa shape index (κ1) is 19.6. The maximum Gasteiger partial charge on any atom is 0.204 e. The van der Waals surface area contributed by atoms with Crippen LogP contribution < -0.4 is 5.32 Å². The molecular formula is C23H29N5O. The van der Waals surface area contributed by atoms with E-state index in [1.54, 1.807) is 0 Å². The summed E-state index contributed by atoms with van der Waals surface area (Å²) in [7, 11) is 0. The van der Waals surface area contributed by atoms with E-state index in [0.717, 1.165) is 48.6 Å². The number of anilines is 1. The first-order valence-corrected chi connectivity index (χ1v) is 10.5. The fourth-order valence-corrected chi connectivity index (χ4v) is 3.82. The van der Waals surface area contributed by atoms with Crippen LogP contribution in [0.5, 0.6) is 0 Å². The Kier molecular flexibility index (Phi) is 5.90. The molecule has 1 aromatic carbocycles. The van der Waals surface area contributed by atoms with Gasteiger partial charge >= 0.3 is 0 Å². The maximum atomic E-state index is 12.0. The average molecular weight is 392 g/mol. The quantitative estimate of drug-likeness (QED) is 0.667. The third-order valence-corrected chi connectivity index (χ3v) is 5.65. The SMILES string of the molecule is CC(C)C(=O)CN1CCC(Nc2nc3ccccc3n2Cc2ccccn2)CC1. The van der Waals surface area contributed by atoms with E-state index in [-0.39, 0.29) is 5.92 Å². The van der Waals surface area contributed by atoms with Crippen LogP contribution in [0.15, 0.2) is 48.7 Å². The summed E-state index contributed by atoms with van der Waals surface area (Å²) in [5.74, 6) is 1.33. The monoisotopic (exact) mass is 391 g/mol. The van der Waals surface area contributed by atoms with Crippen molar-refractivity contribution < 1.29 is 4.79 Å². The number of nitrogens with one attached hydrogen (secondary N) is 1. The van der Waals surface area contributed by atoms with E-state index in [1.165, 1.54) is 0 Å². The lowest BCUT2D eigenvalue weighted by Gasteiger charge is -2.32. The van der Waals surface area contributed by atoms with Gasteiger partial charge < -0.3 is 9.88 Å². The van der Waals surface area contributed by atoms with Crippen LogP contribution in [-0.4, -0.2) is 50.9 Å². The van der Waals surface area contributed by atoms with Gasteiger partial charge in [0.05, 0.1) is 29.8 Å². The maximum absolute atomic E-state index is 12.0. The van der Waals surface area contributed by atoms with Gasteiger partial charge in [-0.1, -0.05) is 32.0 Å². The molecule has 2 aromatic heterocycles. The first-order valence-electron chi connectivity index (χ1n) is 10.5. The number of carbonyl (C=O) groups excluding carboxylic acids is 1. The highest BCUT2D eigenvalue weighted by molar-refractivity contribution is 5.82. The number of pyridine rings is 1. The van der Waals surface area contributed by atoms with E-state index in [9.17, 15) is 4.79 Å². The minimum Gasteiger partial charge on any atom is -0.353 e. The number of hydrogen-bond donors (Lipinski definition) is 1. The topological polar surface area (TPSA) is 63.1 Å². The number of hydrogen-bond acceptors (Lipinski definition) is 5. The van der Waals surface area contributed by atoms with Gasteiger partial charge in [0.1, 0.15) is 5.78 Å². The van der Waals surface area contributed by atoms with Crippen molar-refractivity contribution in [3.8, 4) is 0 Å². The van der Waals surface area contributed by atoms with E-state index in [1.807, 2.05) is 50.4 Å². The molecule has 1 saturated heterocycles. The third-order valence-electron chi connectivity index (χ3n) is 5.65. The summed E-state index contributed by atoms with van der Waals surface area (Å²) < 4.78 is 2.21. The lowest BCUT2D eigenvalue weighted by Crippen LogP contribution is -2.42. The predicted octanol–water partition coefficient (Wildman–Crippen LogP) is 3.58. The van der Waals surface area contributed by atoms with E-state index in [4.69, 9.17) is 4.98 Å². The second-order valence-electron chi connectivity index (χ2n) is 8.15. The Morgan fingerprint density at radius 3 is 2.62 bits per heavy atom. The molecule has 6 heteroatoms. The smallest absolute Gasteiger partial charge is 0.204 e. The third kappa shape index (κ3) is 4.65. The predicted molar refractivity (Wildman–Crippen MR) is 116 cm³/mol. The number of ketones is 1. The summed E-state index contributed by atoms with van der Waals surface area (Å²) in [5, 5.41) is 3.67. The molecule has 1 aliphatic heterocycles. The van der Waals surface area contributed by atoms with Crippen molar-refractivity contribution in [2.24, 2.45) is 5.92 Å². The second kappa shape index (κ2) is 8.74. The van der Waals surface area contributed by atoms with Crippen LogP contribution >= 0.6 is 0 Å². The van der Waals surface area contributed by atoms with Crippen LogP contribution in [0.4, 0.5) is 5.95 Å². The molecule has 3 heterocycles. The van der Waals surface area contributed by atoms with Crippen LogP contribution in [0.25, 0.3) is 11.0 Å². The van der Waals surface area contributed by atoms with Crippen molar-refractivity contribution in [2.45, 2.75) is 39.3 Å². The molecule has 6 nitrogen and oxygen atoms in total. The second-order valence-corrected chi connectivity index (χ2v) is 8.15. The fourth-order valence-electron chi connectivity index (χ4n) is 3.82. The average Bonchev–Trinajstić information content (AvgIpc) is 3.07. The van der Waals surface area contributed by atoms with Crippen LogP contribution in [0.3, 0.4) is 0 Å². The van der Waals surface area contributed by atoms with Crippen molar-refractivity contribution in [3.05, 3.63) is 54.4 Å². The lowest BCUT2D eigenvalue weighted by molar-refractivity contribution is -0.123. The van der Waals surface area contributed by atoms with Gasteiger partial charge in [0.15, 0.2) is 0 Å². The van der Waals surface area contributed by atoms with Gasteiger partial charge in [-0.2, -0.15) is 0 Å². The molecule has 29 heavy (non-hydrogen) atoms. The number of imidazole rings is 1. The van der Waals surface area contributed by atoms with Gasteiger partial charge in [-0.3, -0.25) is 14.7 Å². The van der Waals surface area contributed by atoms with Crippen LogP contribution in [0.2, 0.25) is 0 Å². The molecule has 0 bridgehead atoms. The van der Waals surface area contributed by atoms with E-state index >= 15 is 0 Å². The molecule has 1 aliphatic rings. The van der Waals surface area contributed by atoms with Crippen molar-refractivity contribution in [1.29, 1.82) is 0 Å². The summed E-state index contributed by atoms with van der Waals surface area (Å²) >= 11 is 0. The summed E-state index contributed by atoms with van der Waals surface area (Å²) in [5.41, 5.74) is 3.12.